The maximum Gasteiger partial charge on any atom is 0.294 e. The zero-order chi connectivity index (χ0) is 19.8. The van der Waals surface area contributed by atoms with Crippen molar-refractivity contribution in [3.05, 3.63) is 60.7 Å². The second-order valence-electron chi connectivity index (χ2n) is 7.45. The molecular weight excluding hydrogens is 368 g/mol. The van der Waals surface area contributed by atoms with E-state index < -0.39 is 6.10 Å². The SMILES string of the molecule is O=C(C1CN(C(=O)c2ncc3ccccn23)c2ccccc2O1)N1CCCCC1. The van der Waals surface area contributed by atoms with E-state index in [4.69, 9.17) is 4.74 Å². The topological polar surface area (TPSA) is 67.2 Å². The molecule has 4 heterocycles. The van der Waals surface area contributed by atoms with Crippen molar-refractivity contribution >= 4 is 23.0 Å². The Morgan fingerprint density at radius 1 is 1.00 bits per heavy atom. The van der Waals surface area contributed by atoms with E-state index in [0.29, 0.717) is 17.3 Å². The second-order valence-corrected chi connectivity index (χ2v) is 7.45. The third-order valence-corrected chi connectivity index (χ3v) is 5.59. The number of fused-ring (bicyclic) bond motifs is 2. The summed E-state index contributed by atoms with van der Waals surface area (Å²) in [5, 5.41) is 0. The first-order valence-corrected chi connectivity index (χ1v) is 10.0. The summed E-state index contributed by atoms with van der Waals surface area (Å²) >= 11 is 0. The predicted molar refractivity (Wildman–Crippen MR) is 108 cm³/mol. The molecule has 1 fully saturated rings. The van der Waals surface area contributed by atoms with E-state index in [9.17, 15) is 9.59 Å². The molecule has 1 aromatic carbocycles. The molecule has 3 aromatic rings. The fraction of sp³-hybridized carbons (Fsp3) is 0.318. The Kier molecular flexibility index (Phi) is 4.42. The number of hydrogen-bond donors (Lipinski definition) is 0. The normalized spacial score (nSPS) is 19.0. The summed E-state index contributed by atoms with van der Waals surface area (Å²) in [5.41, 5.74) is 1.51. The summed E-state index contributed by atoms with van der Waals surface area (Å²) in [6.45, 7) is 1.67. The lowest BCUT2D eigenvalue weighted by atomic mass is 10.1. The van der Waals surface area contributed by atoms with Crippen molar-refractivity contribution in [1.29, 1.82) is 0 Å². The minimum absolute atomic E-state index is 0.0509. The number of likely N-dealkylation sites (tertiary alicyclic amines) is 1. The van der Waals surface area contributed by atoms with E-state index in [-0.39, 0.29) is 18.4 Å². The molecule has 5 rings (SSSR count). The minimum atomic E-state index is -0.710. The van der Waals surface area contributed by atoms with Gasteiger partial charge in [-0.1, -0.05) is 18.2 Å². The summed E-state index contributed by atoms with van der Waals surface area (Å²) in [7, 11) is 0. The third-order valence-electron chi connectivity index (χ3n) is 5.59. The van der Waals surface area contributed by atoms with Crippen molar-refractivity contribution in [3.63, 3.8) is 0 Å². The first-order chi connectivity index (χ1) is 14.2. The number of piperidine rings is 1. The highest BCUT2D eigenvalue weighted by atomic mass is 16.5. The van der Waals surface area contributed by atoms with Crippen LogP contribution >= 0.6 is 0 Å². The fourth-order valence-electron chi connectivity index (χ4n) is 4.10. The van der Waals surface area contributed by atoms with Crippen LogP contribution in [0.3, 0.4) is 0 Å². The van der Waals surface area contributed by atoms with Crippen LogP contribution in [0.5, 0.6) is 5.75 Å². The van der Waals surface area contributed by atoms with Gasteiger partial charge in [-0.15, -0.1) is 0 Å². The Morgan fingerprint density at radius 3 is 2.66 bits per heavy atom. The Hall–Kier alpha value is -3.35. The average Bonchev–Trinajstić information content (AvgIpc) is 3.22. The molecule has 2 amide bonds. The van der Waals surface area contributed by atoms with E-state index >= 15 is 0 Å². The first kappa shape index (κ1) is 17.7. The van der Waals surface area contributed by atoms with Crippen LogP contribution in [0.4, 0.5) is 5.69 Å². The molecule has 2 aliphatic heterocycles. The highest BCUT2D eigenvalue weighted by molar-refractivity contribution is 6.06. The number of rotatable bonds is 2. The maximum absolute atomic E-state index is 13.4. The van der Waals surface area contributed by atoms with Gasteiger partial charge in [0.15, 0.2) is 6.10 Å². The number of hydrogen-bond acceptors (Lipinski definition) is 4. The number of imidazole rings is 1. The van der Waals surface area contributed by atoms with Crippen LogP contribution < -0.4 is 9.64 Å². The van der Waals surface area contributed by atoms with Crippen LogP contribution in [-0.4, -0.2) is 51.8 Å². The van der Waals surface area contributed by atoms with Crippen molar-refractivity contribution in [2.75, 3.05) is 24.5 Å². The van der Waals surface area contributed by atoms with Gasteiger partial charge in [0.25, 0.3) is 11.8 Å². The van der Waals surface area contributed by atoms with Crippen LogP contribution in [0.2, 0.25) is 0 Å². The summed E-state index contributed by atoms with van der Waals surface area (Å²) in [5.74, 6) is 0.568. The molecule has 1 unspecified atom stereocenters. The number of amides is 2. The summed E-state index contributed by atoms with van der Waals surface area (Å²) in [6, 6.07) is 13.0. The van der Waals surface area contributed by atoms with Gasteiger partial charge in [-0.3, -0.25) is 18.9 Å². The third kappa shape index (κ3) is 3.12. The molecule has 2 aromatic heterocycles. The average molecular weight is 390 g/mol. The van der Waals surface area contributed by atoms with Gasteiger partial charge in [-0.25, -0.2) is 4.98 Å². The number of carbonyl (C=O) groups is 2. The van der Waals surface area contributed by atoms with Crippen LogP contribution in [0, 0.1) is 0 Å². The van der Waals surface area contributed by atoms with Crippen LogP contribution in [-0.2, 0) is 4.79 Å². The minimum Gasteiger partial charge on any atom is -0.476 e. The highest BCUT2D eigenvalue weighted by Gasteiger charge is 2.37. The molecule has 29 heavy (non-hydrogen) atoms. The van der Waals surface area contributed by atoms with E-state index in [1.807, 2.05) is 47.5 Å². The molecular formula is C22H22N4O3. The second kappa shape index (κ2) is 7.24. The van der Waals surface area contributed by atoms with Gasteiger partial charge in [-0.05, 0) is 43.5 Å². The summed E-state index contributed by atoms with van der Waals surface area (Å²) in [6.07, 6.45) is 5.96. The molecule has 0 saturated carbocycles. The fourth-order valence-corrected chi connectivity index (χ4v) is 4.10. The lowest BCUT2D eigenvalue weighted by Gasteiger charge is -2.37. The number of anilines is 1. The summed E-state index contributed by atoms with van der Waals surface area (Å²) < 4.78 is 7.79. The Bertz CT molecular complexity index is 1070. The van der Waals surface area contributed by atoms with Crippen molar-refractivity contribution in [2.24, 2.45) is 0 Å². The molecule has 2 aliphatic rings. The van der Waals surface area contributed by atoms with Crippen molar-refractivity contribution in [2.45, 2.75) is 25.4 Å². The number of pyridine rings is 1. The largest absolute Gasteiger partial charge is 0.476 e. The van der Waals surface area contributed by atoms with Gasteiger partial charge in [0.05, 0.1) is 23.9 Å². The lowest BCUT2D eigenvalue weighted by molar-refractivity contribution is -0.139. The smallest absolute Gasteiger partial charge is 0.294 e. The van der Waals surface area contributed by atoms with Crippen LogP contribution in [0.25, 0.3) is 5.52 Å². The van der Waals surface area contributed by atoms with E-state index in [2.05, 4.69) is 4.98 Å². The Labute approximate surface area is 168 Å². The zero-order valence-corrected chi connectivity index (χ0v) is 16.0. The van der Waals surface area contributed by atoms with Crippen LogP contribution in [0.1, 0.15) is 29.9 Å². The quantitative estimate of drug-likeness (QED) is 0.675. The van der Waals surface area contributed by atoms with Gasteiger partial charge in [0, 0.05) is 19.3 Å². The maximum atomic E-state index is 13.4. The number of para-hydroxylation sites is 2. The van der Waals surface area contributed by atoms with E-state index in [1.165, 1.54) is 0 Å². The van der Waals surface area contributed by atoms with Gasteiger partial charge >= 0.3 is 0 Å². The van der Waals surface area contributed by atoms with E-state index in [1.54, 1.807) is 21.6 Å². The molecule has 0 spiro atoms. The van der Waals surface area contributed by atoms with Crippen molar-refractivity contribution < 1.29 is 14.3 Å². The lowest BCUT2D eigenvalue weighted by Crippen LogP contribution is -2.53. The molecule has 7 heteroatoms. The molecule has 7 nitrogen and oxygen atoms in total. The predicted octanol–water partition coefficient (Wildman–Crippen LogP) is 2.75. The molecule has 0 aliphatic carbocycles. The Balaban J connectivity index is 1.49. The molecule has 1 atom stereocenters. The van der Waals surface area contributed by atoms with Crippen molar-refractivity contribution in [1.82, 2.24) is 14.3 Å². The van der Waals surface area contributed by atoms with Gasteiger partial charge < -0.3 is 9.64 Å². The Morgan fingerprint density at radius 2 is 1.79 bits per heavy atom. The number of benzene rings is 1. The van der Waals surface area contributed by atoms with Gasteiger partial charge in [-0.2, -0.15) is 0 Å². The van der Waals surface area contributed by atoms with Gasteiger partial charge in [0.2, 0.25) is 5.82 Å². The van der Waals surface area contributed by atoms with Crippen molar-refractivity contribution in [3.8, 4) is 5.75 Å². The van der Waals surface area contributed by atoms with E-state index in [0.717, 1.165) is 37.9 Å². The number of ether oxygens (including phenoxy) is 1. The van der Waals surface area contributed by atoms with Gasteiger partial charge in [0.1, 0.15) is 5.75 Å². The zero-order valence-electron chi connectivity index (χ0n) is 16.0. The molecule has 148 valence electrons. The standard InChI is InChI=1S/C22H22N4O3/c27-21(24-11-5-1-6-12-24)19-15-26(17-9-2-3-10-18(17)29-19)22(28)20-23-14-16-8-4-7-13-25(16)20/h2-4,7-10,13-14,19H,1,5-6,11-12,15H2. The number of aromatic nitrogens is 2. The molecule has 0 radical (unpaired) electrons. The monoisotopic (exact) mass is 390 g/mol. The highest BCUT2D eigenvalue weighted by Crippen LogP contribution is 2.34. The first-order valence-electron chi connectivity index (χ1n) is 10.0. The number of carbonyl (C=O) groups excluding carboxylic acids is 2. The number of nitrogens with zero attached hydrogens (tertiary/aromatic N) is 4. The molecule has 1 saturated heterocycles. The molecule has 0 bridgehead atoms. The summed E-state index contributed by atoms with van der Waals surface area (Å²) in [4.78, 5) is 34.3. The molecule has 0 N–H and O–H groups in total. The van der Waals surface area contributed by atoms with Crippen LogP contribution in [0.15, 0.2) is 54.9 Å².